The topological polar surface area (TPSA) is 54.5 Å². The standard InChI is InChI=1S/C12H15NO.CO2/c1-9-3-5-10(6-4-9)11-7-12(14)13(2)8-11;2-1-3/h3-6,11H,7-8H2,1-2H3;. The van der Waals surface area contributed by atoms with Gasteiger partial charge < -0.3 is 4.90 Å². The molecule has 1 amide bonds. The molecule has 1 aliphatic heterocycles. The smallest absolute Gasteiger partial charge is 0.345 e. The summed E-state index contributed by atoms with van der Waals surface area (Å²) in [5, 5.41) is 0. The second kappa shape index (κ2) is 5.97. The maximum absolute atomic E-state index is 11.4. The Balaban J connectivity index is 0.000000437. The molecule has 0 aromatic heterocycles. The van der Waals surface area contributed by atoms with Gasteiger partial charge in [0.25, 0.3) is 0 Å². The van der Waals surface area contributed by atoms with Crippen LogP contribution in [0.25, 0.3) is 0 Å². The molecule has 1 aromatic rings. The lowest BCUT2D eigenvalue weighted by molar-refractivity contribution is -0.191. The molecule has 0 N–H and O–H groups in total. The summed E-state index contributed by atoms with van der Waals surface area (Å²) in [4.78, 5) is 29.4. The zero-order chi connectivity index (χ0) is 12.8. The maximum Gasteiger partial charge on any atom is 0.373 e. The average Bonchev–Trinajstić information content (AvgIpc) is 2.61. The monoisotopic (exact) mass is 233 g/mol. The molecule has 1 fully saturated rings. The summed E-state index contributed by atoms with van der Waals surface area (Å²) in [6.45, 7) is 2.94. The van der Waals surface area contributed by atoms with Crippen molar-refractivity contribution < 1.29 is 14.4 Å². The Hall–Kier alpha value is -1.93. The van der Waals surface area contributed by atoms with Gasteiger partial charge in [-0.1, -0.05) is 29.8 Å². The summed E-state index contributed by atoms with van der Waals surface area (Å²) >= 11 is 0. The number of carbonyl (C=O) groups excluding carboxylic acids is 3. The van der Waals surface area contributed by atoms with Gasteiger partial charge in [0.1, 0.15) is 0 Å². The summed E-state index contributed by atoms with van der Waals surface area (Å²) in [6.07, 6.45) is 0.916. The van der Waals surface area contributed by atoms with Crippen molar-refractivity contribution in [2.75, 3.05) is 13.6 Å². The van der Waals surface area contributed by atoms with E-state index in [0.29, 0.717) is 12.3 Å². The molecule has 90 valence electrons. The molecule has 1 unspecified atom stereocenters. The Kier molecular flexibility index (Phi) is 4.61. The van der Waals surface area contributed by atoms with Crippen LogP contribution in [0.5, 0.6) is 0 Å². The van der Waals surface area contributed by atoms with E-state index in [4.69, 9.17) is 9.59 Å². The highest BCUT2D eigenvalue weighted by atomic mass is 16.2. The molecule has 4 nitrogen and oxygen atoms in total. The van der Waals surface area contributed by atoms with Gasteiger partial charge in [0.05, 0.1) is 0 Å². The summed E-state index contributed by atoms with van der Waals surface area (Å²) < 4.78 is 0. The summed E-state index contributed by atoms with van der Waals surface area (Å²) in [5.74, 6) is 0.656. The quantitative estimate of drug-likeness (QED) is 0.736. The first-order chi connectivity index (χ1) is 8.08. The van der Waals surface area contributed by atoms with Crippen LogP contribution >= 0.6 is 0 Å². The molecule has 1 heterocycles. The first kappa shape index (κ1) is 13.1. The fourth-order valence-electron chi connectivity index (χ4n) is 1.93. The second-order valence-corrected chi connectivity index (χ2v) is 4.17. The molecular weight excluding hydrogens is 218 g/mol. The lowest BCUT2D eigenvalue weighted by Gasteiger charge is -2.10. The van der Waals surface area contributed by atoms with Gasteiger partial charge in [-0.15, -0.1) is 0 Å². The maximum atomic E-state index is 11.4. The van der Waals surface area contributed by atoms with E-state index >= 15 is 0 Å². The van der Waals surface area contributed by atoms with E-state index in [-0.39, 0.29) is 12.1 Å². The van der Waals surface area contributed by atoms with E-state index in [9.17, 15) is 4.79 Å². The van der Waals surface area contributed by atoms with Crippen LogP contribution in [0.1, 0.15) is 23.5 Å². The van der Waals surface area contributed by atoms with Crippen LogP contribution in [-0.2, 0) is 14.4 Å². The predicted molar refractivity (Wildman–Crippen MR) is 61.2 cm³/mol. The molecule has 2 rings (SSSR count). The van der Waals surface area contributed by atoms with Crippen LogP contribution in [0.3, 0.4) is 0 Å². The molecule has 4 heteroatoms. The Morgan fingerprint density at radius 1 is 1.24 bits per heavy atom. The third-order valence-corrected chi connectivity index (χ3v) is 2.89. The van der Waals surface area contributed by atoms with Crippen molar-refractivity contribution in [3.05, 3.63) is 35.4 Å². The van der Waals surface area contributed by atoms with Gasteiger partial charge in [-0.2, -0.15) is 9.59 Å². The molecule has 1 aliphatic rings. The number of benzene rings is 1. The number of hydrogen-bond acceptors (Lipinski definition) is 3. The van der Waals surface area contributed by atoms with Gasteiger partial charge in [-0.25, -0.2) is 0 Å². The second-order valence-electron chi connectivity index (χ2n) is 4.17. The van der Waals surface area contributed by atoms with Gasteiger partial charge in [0.15, 0.2) is 0 Å². The fourth-order valence-corrected chi connectivity index (χ4v) is 1.93. The lowest BCUT2D eigenvalue weighted by Crippen LogP contribution is -2.18. The highest BCUT2D eigenvalue weighted by Crippen LogP contribution is 2.26. The molecule has 0 saturated carbocycles. The number of likely N-dealkylation sites (N-methyl/N-ethyl adjacent to an activating group) is 1. The van der Waals surface area contributed by atoms with Crippen LogP contribution in [0.15, 0.2) is 24.3 Å². The third-order valence-electron chi connectivity index (χ3n) is 2.89. The van der Waals surface area contributed by atoms with Gasteiger partial charge in [-0.05, 0) is 12.5 Å². The fraction of sp³-hybridized carbons (Fsp3) is 0.385. The lowest BCUT2D eigenvalue weighted by atomic mass is 9.97. The zero-order valence-corrected chi connectivity index (χ0v) is 9.97. The van der Waals surface area contributed by atoms with Gasteiger partial charge in [-0.3, -0.25) is 4.79 Å². The van der Waals surface area contributed by atoms with Crippen LogP contribution in [0.2, 0.25) is 0 Å². The Morgan fingerprint density at radius 2 is 1.76 bits per heavy atom. The number of carbonyl (C=O) groups is 1. The van der Waals surface area contributed by atoms with Gasteiger partial charge in [0, 0.05) is 25.9 Å². The van der Waals surface area contributed by atoms with Crippen LogP contribution < -0.4 is 0 Å². The number of hydrogen-bond donors (Lipinski definition) is 0. The van der Waals surface area contributed by atoms with Crippen LogP contribution in [0, 0.1) is 6.92 Å². The average molecular weight is 233 g/mol. The highest BCUT2D eigenvalue weighted by Gasteiger charge is 2.27. The van der Waals surface area contributed by atoms with E-state index in [1.165, 1.54) is 11.1 Å². The van der Waals surface area contributed by atoms with Crippen molar-refractivity contribution in [1.29, 1.82) is 0 Å². The number of aryl methyl sites for hydroxylation is 1. The Morgan fingerprint density at radius 3 is 2.18 bits per heavy atom. The minimum Gasteiger partial charge on any atom is -0.345 e. The zero-order valence-electron chi connectivity index (χ0n) is 9.97. The molecule has 0 bridgehead atoms. The molecule has 0 radical (unpaired) electrons. The van der Waals surface area contributed by atoms with E-state index in [1.807, 2.05) is 11.9 Å². The summed E-state index contributed by atoms with van der Waals surface area (Å²) in [5.41, 5.74) is 2.56. The van der Waals surface area contributed by atoms with Crippen molar-refractivity contribution in [3.63, 3.8) is 0 Å². The Labute approximate surface area is 100 Å². The molecule has 1 saturated heterocycles. The Bertz CT molecular complexity index is 419. The van der Waals surface area contributed by atoms with Crippen LogP contribution in [0.4, 0.5) is 0 Å². The molecule has 1 atom stereocenters. The van der Waals surface area contributed by atoms with E-state index in [2.05, 4.69) is 31.2 Å². The number of likely N-dealkylation sites (tertiary alicyclic amines) is 1. The first-order valence-corrected chi connectivity index (χ1v) is 5.38. The van der Waals surface area contributed by atoms with Gasteiger partial charge in [0.2, 0.25) is 5.91 Å². The SMILES string of the molecule is Cc1ccc(C2CC(=O)N(C)C2)cc1.O=C=O. The summed E-state index contributed by atoms with van der Waals surface area (Å²) in [6, 6.07) is 8.48. The third kappa shape index (κ3) is 3.54. The molecule has 0 spiro atoms. The number of amides is 1. The van der Waals surface area contributed by atoms with Crippen LogP contribution in [-0.4, -0.2) is 30.6 Å². The molecule has 1 aromatic carbocycles. The van der Waals surface area contributed by atoms with E-state index < -0.39 is 0 Å². The first-order valence-electron chi connectivity index (χ1n) is 5.38. The van der Waals surface area contributed by atoms with Gasteiger partial charge >= 0.3 is 6.15 Å². The van der Waals surface area contributed by atoms with Crippen molar-refractivity contribution in [2.24, 2.45) is 0 Å². The molecule has 0 aliphatic carbocycles. The van der Waals surface area contributed by atoms with Crippen molar-refractivity contribution in [3.8, 4) is 0 Å². The molecule has 17 heavy (non-hydrogen) atoms. The van der Waals surface area contributed by atoms with Crippen molar-refractivity contribution in [1.82, 2.24) is 4.90 Å². The van der Waals surface area contributed by atoms with E-state index in [1.54, 1.807) is 0 Å². The highest BCUT2D eigenvalue weighted by molar-refractivity contribution is 5.79. The van der Waals surface area contributed by atoms with Crippen molar-refractivity contribution in [2.45, 2.75) is 19.3 Å². The predicted octanol–water partition coefficient (Wildman–Crippen LogP) is 1.36. The minimum atomic E-state index is 0.250. The minimum absolute atomic E-state index is 0.250. The van der Waals surface area contributed by atoms with Crippen molar-refractivity contribution >= 4 is 12.1 Å². The summed E-state index contributed by atoms with van der Waals surface area (Å²) in [7, 11) is 1.87. The van der Waals surface area contributed by atoms with E-state index in [0.717, 1.165) is 6.54 Å². The largest absolute Gasteiger partial charge is 0.373 e. The number of nitrogens with zero attached hydrogens (tertiary/aromatic N) is 1. The number of rotatable bonds is 1. The molecular formula is C13H15NO3. The normalized spacial score (nSPS) is 18.4.